The smallest absolute Gasteiger partial charge is 0.227 e. The number of nitrogens with one attached hydrogen (secondary N) is 2. The molecule has 2 amide bonds. The van der Waals surface area contributed by atoms with E-state index in [0.717, 1.165) is 37.1 Å². The molecule has 1 aliphatic carbocycles. The van der Waals surface area contributed by atoms with Crippen LogP contribution in [0.1, 0.15) is 39.0 Å². The lowest BCUT2D eigenvalue weighted by atomic mass is 9.85. The Morgan fingerprint density at radius 2 is 1.73 bits per heavy atom. The van der Waals surface area contributed by atoms with E-state index in [1.54, 1.807) is 31.2 Å². The SMILES string of the molecule is CCC(=O)Nc1ccc(NC(=O)C2CCCC(N)C2)cc1.Cl. The first-order chi connectivity index (χ1) is 10.1. The molecule has 0 saturated heterocycles. The molecule has 0 radical (unpaired) electrons. The lowest BCUT2D eigenvalue weighted by Gasteiger charge is -2.25. The number of nitrogens with two attached hydrogens (primary N) is 1. The molecule has 2 atom stereocenters. The maximum Gasteiger partial charge on any atom is 0.227 e. The van der Waals surface area contributed by atoms with E-state index in [2.05, 4.69) is 10.6 Å². The van der Waals surface area contributed by atoms with Crippen molar-refractivity contribution in [3.8, 4) is 0 Å². The van der Waals surface area contributed by atoms with Crippen LogP contribution < -0.4 is 16.4 Å². The van der Waals surface area contributed by atoms with Crippen molar-refractivity contribution in [1.29, 1.82) is 0 Å². The van der Waals surface area contributed by atoms with E-state index in [9.17, 15) is 9.59 Å². The molecule has 1 saturated carbocycles. The quantitative estimate of drug-likeness (QED) is 0.795. The summed E-state index contributed by atoms with van der Waals surface area (Å²) >= 11 is 0. The molecule has 0 aliphatic heterocycles. The van der Waals surface area contributed by atoms with Crippen LogP contribution in [0.2, 0.25) is 0 Å². The Kier molecular flexibility index (Phi) is 7.35. The molecule has 122 valence electrons. The second-order valence-corrected chi connectivity index (χ2v) is 5.59. The maximum absolute atomic E-state index is 12.2. The molecular weight excluding hydrogens is 302 g/mol. The van der Waals surface area contributed by atoms with Gasteiger partial charge in [-0.05, 0) is 43.5 Å². The summed E-state index contributed by atoms with van der Waals surface area (Å²) in [5.74, 6) is 0.0201. The summed E-state index contributed by atoms with van der Waals surface area (Å²) in [5.41, 5.74) is 7.40. The summed E-state index contributed by atoms with van der Waals surface area (Å²) < 4.78 is 0. The highest BCUT2D eigenvalue weighted by molar-refractivity contribution is 5.94. The molecule has 1 fully saturated rings. The standard InChI is InChI=1S/C16H23N3O2.ClH/c1-2-15(20)18-13-6-8-14(9-7-13)19-16(21)11-4-3-5-12(17)10-11;/h6-9,11-12H,2-5,10,17H2,1H3,(H,18,20)(H,19,21);1H. The van der Waals surface area contributed by atoms with Crippen LogP contribution in [-0.4, -0.2) is 17.9 Å². The third-order valence-electron chi connectivity index (χ3n) is 3.84. The molecule has 1 aromatic rings. The van der Waals surface area contributed by atoms with E-state index in [-0.39, 0.29) is 36.2 Å². The first-order valence-electron chi connectivity index (χ1n) is 7.55. The van der Waals surface area contributed by atoms with E-state index in [1.807, 2.05) is 0 Å². The highest BCUT2D eigenvalue weighted by atomic mass is 35.5. The fourth-order valence-electron chi connectivity index (χ4n) is 2.60. The number of benzene rings is 1. The molecule has 2 unspecified atom stereocenters. The number of anilines is 2. The van der Waals surface area contributed by atoms with Gasteiger partial charge >= 0.3 is 0 Å². The summed E-state index contributed by atoms with van der Waals surface area (Å²) in [6.45, 7) is 1.80. The molecule has 0 spiro atoms. The molecule has 0 aromatic heterocycles. The van der Waals surface area contributed by atoms with E-state index in [0.29, 0.717) is 6.42 Å². The van der Waals surface area contributed by atoms with Crippen molar-refractivity contribution in [3.05, 3.63) is 24.3 Å². The summed E-state index contributed by atoms with van der Waals surface area (Å²) in [7, 11) is 0. The van der Waals surface area contributed by atoms with Crippen LogP contribution in [0.3, 0.4) is 0 Å². The average Bonchev–Trinajstić information content (AvgIpc) is 2.49. The van der Waals surface area contributed by atoms with Crippen molar-refractivity contribution in [2.75, 3.05) is 10.6 Å². The number of hydrogen-bond acceptors (Lipinski definition) is 3. The zero-order valence-corrected chi connectivity index (χ0v) is 13.6. The molecule has 1 aliphatic rings. The fraction of sp³-hybridized carbons (Fsp3) is 0.500. The molecule has 1 aromatic carbocycles. The monoisotopic (exact) mass is 325 g/mol. The van der Waals surface area contributed by atoms with Crippen LogP contribution in [0.15, 0.2) is 24.3 Å². The topological polar surface area (TPSA) is 84.2 Å². The van der Waals surface area contributed by atoms with Gasteiger partial charge in [0.15, 0.2) is 0 Å². The van der Waals surface area contributed by atoms with Crippen LogP contribution in [0.25, 0.3) is 0 Å². The lowest BCUT2D eigenvalue weighted by molar-refractivity contribution is -0.121. The molecule has 2 rings (SSSR count). The van der Waals surface area contributed by atoms with Gasteiger partial charge in [-0.15, -0.1) is 12.4 Å². The van der Waals surface area contributed by atoms with Crippen molar-refractivity contribution < 1.29 is 9.59 Å². The third-order valence-corrected chi connectivity index (χ3v) is 3.84. The number of halogens is 1. The number of amides is 2. The van der Waals surface area contributed by atoms with Crippen molar-refractivity contribution in [3.63, 3.8) is 0 Å². The Labute approximate surface area is 137 Å². The number of hydrogen-bond donors (Lipinski definition) is 3. The minimum atomic E-state index is -0.0250. The summed E-state index contributed by atoms with van der Waals surface area (Å²) in [6, 6.07) is 7.31. The Balaban J connectivity index is 0.00000242. The lowest BCUT2D eigenvalue weighted by Crippen LogP contribution is -2.34. The molecule has 0 heterocycles. The van der Waals surface area contributed by atoms with Crippen LogP contribution in [0.4, 0.5) is 11.4 Å². The second-order valence-electron chi connectivity index (χ2n) is 5.59. The van der Waals surface area contributed by atoms with Gasteiger partial charge in [-0.1, -0.05) is 13.3 Å². The van der Waals surface area contributed by atoms with Gasteiger partial charge in [-0.3, -0.25) is 9.59 Å². The summed E-state index contributed by atoms with van der Waals surface area (Å²) in [4.78, 5) is 23.5. The van der Waals surface area contributed by atoms with Crippen LogP contribution in [0, 0.1) is 5.92 Å². The first kappa shape index (κ1) is 18.5. The minimum absolute atomic E-state index is 0. The van der Waals surface area contributed by atoms with Gasteiger partial charge in [0.05, 0.1) is 0 Å². The highest BCUT2D eigenvalue weighted by Gasteiger charge is 2.25. The normalized spacial score (nSPS) is 20.6. The van der Waals surface area contributed by atoms with Crippen LogP contribution >= 0.6 is 12.4 Å². The van der Waals surface area contributed by atoms with Gasteiger partial charge in [0.25, 0.3) is 0 Å². The fourth-order valence-corrected chi connectivity index (χ4v) is 2.60. The van der Waals surface area contributed by atoms with Crippen molar-refractivity contribution in [2.24, 2.45) is 11.7 Å². The first-order valence-corrected chi connectivity index (χ1v) is 7.55. The van der Waals surface area contributed by atoms with Crippen LogP contribution in [-0.2, 0) is 9.59 Å². The highest BCUT2D eigenvalue weighted by Crippen LogP contribution is 2.24. The van der Waals surface area contributed by atoms with Crippen LogP contribution in [0.5, 0.6) is 0 Å². The van der Waals surface area contributed by atoms with E-state index in [4.69, 9.17) is 5.73 Å². The predicted octanol–water partition coefficient (Wildman–Crippen LogP) is 2.91. The number of rotatable bonds is 4. The Morgan fingerprint density at radius 3 is 2.27 bits per heavy atom. The summed E-state index contributed by atoms with van der Waals surface area (Å²) in [5, 5.41) is 5.69. The van der Waals surface area contributed by atoms with Gasteiger partial charge in [-0.2, -0.15) is 0 Å². The largest absolute Gasteiger partial charge is 0.328 e. The van der Waals surface area contributed by atoms with E-state index >= 15 is 0 Å². The Bertz CT molecular complexity index is 505. The third kappa shape index (κ3) is 5.31. The maximum atomic E-state index is 12.2. The van der Waals surface area contributed by atoms with Crippen molar-refractivity contribution in [1.82, 2.24) is 0 Å². The molecule has 22 heavy (non-hydrogen) atoms. The van der Waals surface area contributed by atoms with E-state index < -0.39 is 0 Å². The van der Waals surface area contributed by atoms with Gasteiger partial charge < -0.3 is 16.4 Å². The zero-order valence-electron chi connectivity index (χ0n) is 12.8. The van der Waals surface area contributed by atoms with Gasteiger partial charge in [0.1, 0.15) is 0 Å². The van der Waals surface area contributed by atoms with Gasteiger partial charge in [-0.25, -0.2) is 0 Å². The second kappa shape index (κ2) is 8.76. The molecule has 6 heteroatoms. The molecular formula is C16H24ClN3O2. The molecule has 4 N–H and O–H groups in total. The summed E-state index contributed by atoms with van der Waals surface area (Å²) in [6.07, 6.45) is 4.14. The Hall–Kier alpha value is -1.59. The van der Waals surface area contributed by atoms with Crippen molar-refractivity contribution >= 4 is 35.6 Å². The number of carbonyl (C=O) groups excluding carboxylic acids is 2. The average molecular weight is 326 g/mol. The number of carbonyl (C=O) groups is 2. The Morgan fingerprint density at radius 1 is 1.14 bits per heavy atom. The molecule has 0 bridgehead atoms. The van der Waals surface area contributed by atoms with Crippen molar-refractivity contribution in [2.45, 2.75) is 45.1 Å². The minimum Gasteiger partial charge on any atom is -0.328 e. The van der Waals surface area contributed by atoms with Gasteiger partial charge in [0, 0.05) is 29.8 Å². The molecule has 5 nitrogen and oxygen atoms in total. The van der Waals surface area contributed by atoms with E-state index in [1.165, 1.54) is 0 Å². The zero-order chi connectivity index (χ0) is 15.2. The predicted molar refractivity (Wildman–Crippen MR) is 91.2 cm³/mol. The van der Waals surface area contributed by atoms with Gasteiger partial charge in [0.2, 0.25) is 11.8 Å².